The van der Waals surface area contributed by atoms with E-state index in [0.29, 0.717) is 12.8 Å². The third kappa shape index (κ3) is 5.28. The molecule has 21 heavy (non-hydrogen) atoms. The molecule has 0 saturated carbocycles. The first-order valence-corrected chi connectivity index (χ1v) is 7.77. The Labute approximate surface area is 125 Å². The number of hydrogen-bond donors (Lipinski definition) is 0. The van der Waals surface area contributed by atoms with Gasteiger partial charge in [-0.3, -0.25) is 14.2 Å². The number of Topliss-reactive ketones (excluding diaryl/α,β-unsaturated/α-hetero) is 2. The molecule has 1 heterocycles. The van der Waals surface area contributed by atoms with Crippen LogP contribution in [0.5, 0.6) is 0 Å². The van der Waals surface area contributed by atoms with E-state index < -0.39 is 0 Å². The fourth-order valence-electron chi connectivity index (χ4n) is 2.13. The predicted molar refractivity (Wildman–Crippen MR) is 77.0 cm³/mol. The van der Waals surface area contributed by atoms with Gasteiger partial charge >= 0.3 is 0 Å². The number of carbonyl (C=O) groups excluding carboxylic acids is 2. The second-order valence-electron chi connectivity index (χ2n) is 5.24. The van der Waals surface area contributed by atoms with Crippen LogP contribution in [0.25, 0.3) is 0 Å². The van der Waals surface area contributed by atoms with E-state index in [1.807, 2.05) is 6.92 Å². The Morgan fingerprint density at radius 2 is 1.62 bits per heavy atom. The van der Waals surface area contributed by atoms with Gasteiger partial charge in [-0.1, -0.05) is 46.0 Å². The lowest BCUT2D eigenvalue weighted by Crippen LogP contribution is -2.32. The Hall–Kier alpha value is -1.72. The molecule has 1 aromatic heterocycles. The summed E-state index contributed by atoms with van der Waals surface area (Å²) in [6.07, 6.45) is 7.11. The van der Waals surface area contributed by atoms with Crippen molar-refractivity contribution in [2.45, 2.75) is 71.6 Å². The van der Waals surface area contributed by atoms with Gasteiger partial charge in [-0.2, -0.15) is 0 Å². The summed E-state index contributed by atoms with van der Waals surface area (Å²) in [6.45, 7) is 4.09. The fraction of sp³-hybridized carbons (Fsp3) is 0.733. The van der Waals surface area contributed by atoms with Crippen molar-refractivity contribution >= 4 is 11.6 Å². The molecular weight excluding hydrogens is 272 g/mol. The molecule has 118 valence electrons. The topological polar surface area (TPSA) is 87.1 Å². The fourth-order valence-corrected chi connectivity index (χ4v) is 2.13. The third-order valence-electron chi connectivity index (χ3n) is 3.41. The summed E-state index contributed by atoms with van der Waals surface area (Å²) in [6, 6.07) is 0. The Morgan fingerprint density at radius 3 is 2.29 bits per heavy atom. The van der Waals surface area contributed by atoms with Gasteiger partial charge in [0.05, 0.1) is 5.16 Å². The quantitative estimate of drug-likeness (QED) is 0.355. The number of carbonyl (C=O) groups is 2. The summed E-state index contributed by atoms with van der Waals surface area (Å²) in [5.74, 6) is -0.660. The highest BCUT2D eigenvalue weighted by Crippen LogP contribution is 2.13. The van der Waals surface area contributed by atoms with Gasteiger partial charge in [0.2, 0.25) is 11.6 Å². The molecule has 0 radical (unpaired) electrons. The van der Waals surface area contributed by atoms with Crippen LogP contribution >= 0.6 is 0 Å². The van der Waals surface area contributed by atoms with Crippen molar-refractivity contribution in [1.82, 2.24) is 5.16 Å². The zero-order valence-corrected chi connectivity index (χ0v) is 12.9. The Kier molecular flexibility index (Phi) is 7.64. The summed E-state index contributed by atoms with van der Waals surface area (Å²) < 4.78 is 4.43. The van der Waals surface area contributed by atoms with Gasteiger partial charge < -0.3 is 5.21 Å². The molecule has 6 heteroatoms. The highest BCUT2D eigenvalue weighted by atomic mass is 16.8. The maximum atomic E-state index is 12.1. The van der Waals surface area contributed by atoms with E-state index in [2.05, 4.69) is 16.7 Å². The molecule has 0 atom stereocenters. The average Bonchev–Trinajstić information content (AvgIpc) is 2.86. The van der Waals surface area contributed by atoms with Gasteiger partial charge in [-0.25, -0.2) is 0 Å². The molecule has 0 aliphatic rings. The van der Waals surface area contributed by atoms with Gasteiger partial charge in [-0.15, -0.1) is 0 Å². The predicted octanol–water partition coefficient (Wildman–Crippen LogP) is 3.22. The normalized spacial score (nSPS) is 10.8. The van der Waals surface area contributed by atoms with Crippen molar-refractivity contribution < 1.29 is 19.1 Å². The van der Waals surface area contributed by atoms with Crippen LogP contribution in [0, 0.1) is 5.21 Å². The number of hydrogen-bond acceptors (Lipinski definition) is 5. The van der Waals surface area contributed by atoms with Crippen LogP contribution in [-0.4, -0.2) is 16.7 Å². The SMILES string of the molecule is CCCCCCCC(=O)c1c(C(=O)CCCC)no[n+]1[O-]. The van der Waals surface area contributed by atoms with E-state index in [1.54, 1.807) is 0 Å². The number of unbranched alkanes of at least 4 members (excludes halogenated alkanes) is 5. The molecule has 0 aliphatic heterocycles. The van der Waals surface area contributed by atoms with Gasteiger partial charge in [0.25, 0.3) is 11.4 Å². The van der Waals surface area contributed by atoms with Gasteiger partial charge in [0.15, 0.2) is 0 Å². The van der Waals surface area contributed by atoms with Gasteiger partial charge in [0.1, 0.15) is 0 Å². The Morgan fingerprint density at radius 1 is 1.00 bits per heavy atom. The molecule has 1 rings (SSSR count). The zero-order chi connectivity index (χ0) is 15.7. The lowest BCUT2D eigenvalue weighted by molar-refractivity contribution is -0.803. The van der Waals surface area contributed by atoms with Crippen LogP contribution in [0.2, 0.25) is 0 Å². The molecule has 1 aromatic rings. The van der Waals surface area contributed by atoms with Gasteiger partial charge in [-0.05, 0) is 17.7 Å². The van der Waals surface area contributed by atoms with Crippen molar-refractivity contribution in [1.29, 1.82) is 0 Å². The minimum absolute atomic E-state index is 0.0631. The van der Waals surface area contributed by atoms with Crippen LogP contribution in [0.1, 0.15) is 92.6 Å². The molecule has 0 fully saturated rings. The average molecular weight is 296 g/mol. The van der Waals surface area contributed by atoms with E-state index in [1.165, 1.54) is 0 Å². The number of ketones is 2. The Balaban J connectivity index is 2.62. The second kappa shape index (κ2) is 9.26. The zero-order valence-electron chi connectivity index (χ0n) is 12.9. The monoisotopic (exact) mass is 296 g/mol. The molecule has 0 saturated heterocycles. The molecule has 0 aromatic carbocycles. The first-order valence-electron chi connectivity index (χ1n) is 7.77. The van der Waals surface area contributed by atoms with Crippen LogP contribution in [0.15, 0.2) is 4.63 Å². The summed E-state index contributed by atoms with van der Waals surface area (Å²) in [5.41, 5.74) is -0.344. The first kappa shape index (κ1) is 17.3. The maximum Gasteiger partial charge on any atom is 0.294 e. The van der Waals surface area contributed by atoms with E-state index in [4.69, 9.17) is 0 Å². The van der Waals surface area contributed by atoms with E-state index in [9.17, 15) is 14.8 Å². The van der Waals surface area contributed by atoms with E-state index in [-0.39, 0.29) is 40.7 Å². The molecule has 0 bridgehead atoms. The van der Waals surface area contributed by atoms with Crippen molar-refractivity contribution in [2.75, 3.05) is 0 Å². The molecule has 0 N–H and O–H groups in total. The third-order valence-corrected chi connectivity index (χ3v) is 3.41. The molecule has 6 nitrogen and oxygen atoms in total. The van der Waals surface area contributed by atoms with Crippen molar-refractivity contribution in [3.05, 3.63) is 16.6 Å². The summed E-state index contributed by atoms with van der Waals surface area (Å²) in [7, 11) is 0. The highest BCUT2D eigenvalue weighted by Gasteiger charge is 2.30. The van der Waals surface area contributed by atoms with Crippen molar-refractivity contribution in [3.8, 4) is 0 Å². The smallest absolute Gasteiger partial charge is 0.294 e. The minimum atomic E-state index is -0.359. The molecule has 0 spiro atoms. The van der Waals surface area contributed by atoms with Crippen molar-refractivity contribution in [3.63, 3.8) is 0 Å². The Bertz CT molecular complexity index is 468. The summed E-state index contributed by atoms with van der Waals surface area (Å²) in [4.78, 5) is 24.1. The van der Waals surface area contributed by atoms with E-state index in [0.717, 1.165) is 32.1 Å². The second-order valence-corrected chi connectivity index (χ2v) is 5.24. The summed E-state index contributed by atoms with van der Waals surface area (Å²) >= 11 is 0. The lowest BCUT2D eigenvalue weighted by atomic mass is 10.0. The number of nitrogens with zero attached hydrogens (tertiary/aromatic N) is 2. The maximum absolute atomic E-state index is 12.1. The lowest BCUT2D eigenvalue weighted by Gasteiger charge is -2.00. The number of aromatic nitrogens is 2. The molecule has 0 unspecified atom stereocenters. The first-order chi connectivity index (χ1) is 10.1. The van der Waals surface area contributed by atoms with Gasteiger partial charge in [0, 0.05) is 12.8 Å². The van der Waals surface area contributed by atoms with E-state index >= 15 is 0 Å². The largest absolute Gasteiger partial charge is 0.359 e. The standard InChI is InChI=1S/C15H24N2O4/c1-3-5-7-8-9-11-13(19)15-14(16-21-17(15)20)12(18)10-6-4-2/h3-11H2,1-2H3. The van der Waals surface area contributed by atoms with Crippen molar-refractivity contribution in [2.24, 2.45) is 0 Å². The summed E-state index contributed by atoms with van der Waals surface area (Å²) in [5, 5.41) is 15.0. The molecule has 0 amide bonds. The van der Waals surface area contributed by atoms with Crippen LogP contribution in [0.4, 0.5) is 0 Å². The molecular formula is C15H24N2O4. The van der Waals surface area contributed by atoms with Crippen LogP contribution < -0.4 is 4.90 Å². The van der Waals surface area contributed by atoms with Crippen LogP contribution in [-0.2, 0) is 0 Å². The minimum Gasteiger partial charge on any atom is -0.359 e. The highest BCUT2D eigenvalue weighted by molar-refractivity contribution is 6.05. The number of rotatable bonds is 11. The van der Waals surface area contributed by atoms with Crippen LogP contribution in [0.3, 0.4) is 0 Å². The molecule has 0 aliphatic carbocycles.